The average Bonchev–Trinajstić information content (AvgIpc) is 2.91. The SMILES string of the molecule is C=C1CC(OC(=O)C(CCCC)(Cc2cc(C(C)(C)C)c(O)c(C(C)(C)C)c2)C(=O)OC2CC(=C)N(C)C(C)(C)C2)CC(C)(C)N1C. The van der Waals surface area contributed by atoms with E-state index >= 15 is 0 Å². The van der Waals surface area contributed by atoms with Gasteiger partial charge in [-0.1, -0.05) is 86.6 Å². The van der Waals surface area contributed by atoms with Gasteiger partial charge >= 0.3 is 11.9 Å². The van der Waals surface area contributed by atoms with E-state index in [1.165, 1.54) is 0 Å². The Kier molecular flexibility index (Phi) is 11.1. The number of aromatic hydroxyl groups is 1. The third-order valence-corrected chi connectivity index (χ3v) is 10.7. The molecule has 1 aromatic rings. The number of benzene rings is 1. The van der Waals surface area contributed by atoms with Crippen molar-refractivity contribution < 1.29 is 24.2 Å². The van der Waals surface area contributed by atoms with Crippen LogP contribution >= 0.6 is 0 Å². The zero-order valence-corrected chi connectivity index (χ0v) is 31.9. The van der Waals surface area contributed by atoms with Gasteiger partial charge in [0.1, 0.15) is 18.0 Å². The molecule has 264 valence electrons. The zero-order valence-electron chi connectivity index (χ0n) is 31.9. The predicted octanol–water partition coefficient (Wildman–Crippen LogP) is 8.57. The standard InChI is InChI=1S/C40H64N2O5/c1-16-17-18-40(34(44)46-29-19-26(2)41(14)38(10,11)24-29,35(45)47-30-20-27(3)42(15)39(12,13)25-30)23-28-21-31(36(4,5)6)33(43)32(22-28)37(7,8)9/h21-22,29-30,43H,2-3,16-20,23-25H2,1,4-15H3. The topological polar surface area (TPSA) is 79.3 Å². The summed E-state index contributed by atoms with van der Waals surface area (Å²) in [6.45, 7) is 31.4. The zero-order chi connectivity index (χ0) is 35.9. The van der Waals surface area contributed by atoms with E-state index in [9.17, 15) is 14.7 Å². The summed E-state index contributed by atoms with van der Waals surface area (Å²) in [5.41, 5.74) is 1.36. The molecule has 1 aromatic carbocycles. The van der Waals surface area contributed by atoms with Crippen molar-refractivity contribution in [2.75, 3.05) is 14.1 Å². The van der Waals surface area contributed by atoms with E-state index in [2.05, 4.69) is 99.1 Å². The number of piperidine rings is 2. The fourth-order valence-corrected chi connectivity index (χ4v) is 7.17. The van der Waals surface area contributed by atoms with E-state index in [1.54, 1.807) is 0 Å². The Morgan fingerprint density at radius 2 is 1.21 bits per heavy atom. The number of likely N-dealkylation sites (tertiary alicyclic amines) is 2. The fourth-order valence-electron chi connectivity index (χ4n) is 7.17. The van der Waals surface area contributed by atoms with Crippen LogP contribution in [-0.4, -0.2) is 64.2 Å². The molecule has 2 saturated heterocycles. The van der Waals surface area contributed by atoms with Crippen molar-refractivity contribution in [2.45, 2.75) is 162 Å². The van der Waals surface area contributed by atoms with E-state index in [-0.39, 0.29) is 34.1 Å². The van der Waals surface area contributed by atoms with Gasteiger partial charge in [0, 0.05) is 62.3 Å². The van der Waals surface area contributed by atoms with Gasteiger partial charge in [0.25, 0.3) is 0 Å². The second-order valence-corrected chi connectivity index (χ2v) is 17.6. The smallest absolute Gasteiger partial charge is 0.324 e. The number of phenols is 1. The first-order valence-corrected chi connectivity index (χ1v) is 17.5. The van der Waals surface area contributed by atoms with E-state index < -0.39 is 29.6 Å². The molecule has 2 aliphatic heterocycles. The van der Waals surface area contributed by atoms with Crippen LogP contribution in [-0.2, 0) is 36.3 Å². The molecule has 0 radical (unpaired) electrons. The van der Waals surface area contributed by atoms with Crippen LogP contribution in [0.3, 0.4) is 0 Å². The summed E-state index contributed by atoms with van der Waals surface area (Å²) in [5.74, 6) is -0.817. The van der Waals surface area contributed by atoms with Gasteiger partial charge in [0.15, 0.2) is 5.41 Å². The third-order valence-electron chi connectivity index (χ3n) is 10.7. The Labute approximate surface area is 285 Å². The maximum atomic E-state index is 14.8. The molecule has 2 aliphatic rings. The lowest BCUT2D eigenvalue weighted by Crippen LogP contribution is -2.52. The van der Waals surface area contributed by atoms with Gasteiger partial charge in [0.05, 0.1) is 0 Å². The Morgan fingerprint density at radius 1 is 0.830 bits per heavy atom. The van der Waals surface area contributed by atoms with Crippen molar-refractivity contribution in [1.82, 2.24) is 9.80 Å². The molecule has 0 spiro atoms. The molecule has 0 amide bonds. The number of hydrogen-bond acceptors (Lipinski definition) is 7. The van der Waals surface area contributed by atoms with Crippen LogP contribution in [0.15, 0.2) is 36.7 Å². The van der Waals surface area contributed by atoms with Gasteiger partial charge in [-0.2, -0.15) is 0 Å². The Hall–Kier alpha value is -2.96. The first kappa shape index (κ1) is 38.5. The first-order chi connectivity index (χ1) is 21.4. The Bertz CT molecular complexity index is 1270. The summed E-state index contributed by atoms with van der Waals surface area (Å²) in [6.07, 6.45) is 3.31. The van der Waals surface area contributed by atoms with Crippen LogP contribution in [0.5, 0.6) is 5.75 Å². The highest BCUT2D eigenvalue weighted by Gasteiger charge is 2.52. The lowest BCUT2D eigenvalue weighted by Gasteiger charge is -2.47. The van der Waals surface area contributed by atoms with Crippen LogP contribution in [0.1, 0.15) is 138 Å². The van der Waals surface area contributed by atoms with Crippen molar-refractivity contribution in [3.8, 4) is 5.75 Å². The van der Waals surface area contributed by atoms with Gasteiger partial charge in [0.2, 0.25) is 0 Å². The number of carbonyl (C=O) groups excluding carboxylic acids is 2. The number of esters is 2. The van der Waals surface area contributed by atoms with Crippen LogP contribution in [0.4, 0.5) is 0 Å². The quantitative estimate of drug-likeness (QED) is 0.212. The summed E-state index contributed by atoms with van der Waals surface area (Å²) < 4.78 is 12.8. The first-order valence-electron chi connectivity index (χ1n) is 17.5. The molecule has 7 nitrogen and oxygen atoms in total. The normalized spacial score (nSPS) is 22.9. The summed E-state index contributed by atoms with van der Waals surface area (Å²) in [4.78, 5) is 33.8. The van der Waals surface area contributed by atoms with Gasteiger partial charge in [-0.25, -0.2) is 0 Å². The van der Waals surface area contributed by atoms with Crippen molar-refractivity contribution in [3.63, 3.8) is 0 Å². The summed E-state index contributed by atoms with van der Waals surface area (Å²) in [6, 6.07) is 3.93. The van der Waals surface area contributed by atoms with Crippen LogP contribution in [0.25, 0.3) is 0 Å². The van der Waals surface area contributed by atoms with Crippen LogP contribution < -0.4 is 0 Å². The average molecular weight is 653 g/mol. The minimum absolute atomic E-state index is 0.116. The van der Waals surface area contributed by atoms with Gasteiger partial charge in [-0.05, 0) is 68.1 Å². The number of rotatable bonds is 9. The van der Waals surface area contributed by atoms with Gasteiger partial charge in [-0.3, -0.25) is 9.59 Å². The lowest BCUT2D eigenvalue weighted by molar-refractivity contribution is -0.182. The summed E-state index contributed by atoms with van der Waals surface area (Å²) in [5, 5.41) is 11.5. The second-order valence-electron chi connectivity index (χ2n) is 17.6. The van der Waals surface area contributed by atoms with Crippen molar-refractivity contribution in [1.29, 1.82) is 0 Å². The molecule has 7 heteroatoms. The monoisotopic (exact) mass is 652 g/mol. The molecule has 0 aromatic heterocycles. The number of phenolic OH excluding ortho intramolecular Hbond substituents is 1. The molecule has 0 aliphatic carbocycles. The number of hydrogen-bond donors (Lipinski definition) is 1. The molecule has 2 fully saturated rings. The second kappa shape index (κ2) is 13.5. The number of nitrogens with zero attached hydrogens (tertiary/aromatic N) is 2. The predicted molar refractivity (Wildman–Crippen MR) is 191 cm³/mol. The van der Waals surface area contributed by atoms with E-state index in [0.29, 0.717) is 38.5 Å². The van der Waals surface area contributed by atoms with Crippen LogP contribution in [0, 0.1) is 5.41 Å². The molecular weight excluding hydrogens is 588 g/mol. The number of carbonyl (C=O) groups is 2. The molecule has 2 unspecified atom stereocenters. The number of ether oxygens (including phenoxy) is 2. The van der Waals surface area contributed by atoms with E-state index in [4.69, 9.17) is 9.47 Å². The minimum Gasteiger partial charge on any atom is -0.507 e. The molecule has 0 bridgehead atoms. The molecule has 3 rings (SSSR count). The van der Waals surface area contributed by atoms with Crippen molar-refractivity contribution >= 4 is 11.9 Å². The van der Waals surface area contributed by atoms with E-state index in [0.717, 1.165) is 34.5 Å². The summed E-state index contributed by atoms with van der Waals surface area (Å²) >= 11 is 0. The fraction of sp³-hybridized carbons (Fsp3) is 0.700. The van der Waals surface area contributed by atoms with E-state index in [1.807, 2.05) is 26.2 Å². The highest BCUT2D eigenvalue weighted by atomic mass is 16.6. The molecule has 2 atom stereocenters. The highest BCUT2D eigenvalue weighted by molar-refractivity contribution is 6.00. The van der Waals surface area contributed by atoms with Gasteiger partial charge < -0.3 is 24.4 Å². The van der Waals surface area contributed by atoms with Crippen molar-refractivity contribution in [3.05, 3.63) is 53.4 Å². The van der Waals surface area contributed by atoms with Gasteiger partial charge in [-0.15, -0.1) is 0 Å². The number of unbranched alkanes of at least 4 members (excludes halogenated alkanes) is 1. The van der Waals surface area contributed by atoms with Crippen molar-refractivity contribution in [2.24, 2.45) is 5.41 Å². The third kappa shape index (κ3) is 8.37. The Morgan fingerprint density at radius 3 is 1.53 bits per heavy atom. The minimum atomic E-state index is -1.57. The maximum Gasteiger partial charge on any atom is 0.324 e. The van der Waals surface area contributed by atoms with Crippen LogP contribution in [0.2, 0.25) is 0 Å². The summed E-state index contributed by atoms with van der Waals surface area (Å²) in [7, 11) is 4.04. The lowest BCUT2D eigenvalue weighted by atomic mass is 9.73. The molecule has 2 heterocycles. The Balaban J connectivity index is 2.17. The molecular formula is C40H64N2O5. The molecule has 47 heavy (non-hydrogen) atoms. The molecule has 0 saturated carbocycles. The largest absolute Gasteiger partial charge is 0.507 e. The highest BCUT2D eigenvalue weighted by Crippen LogP contribution is 2.44. The maximum absolute atomic E-state index is 14.8. The molecule has 1 N–H and O–H groups in total.